The van der Waals surface area contributed by atoms with E-state index in [0.717, 1.165) is 0 Å². The molecule has 0 spiro atoms. The molecule has 0 unspecified atom stereocenters. The Labute approximate surface area is 120 Å². The number of nitrogens with one attached hydrogen (secondary N) is 1. The summed E-state index contributed by atoms with van der Waals surface area (Å²) in [4.78, 5) is 34.6. The molecule has 0 aliphatic carbocycles. The van der Waals surface area contributed by atoms with Crippen LogP contribution in [0.5, 0.6) is 0 Å². The van der Waals surface area contributed by atoms with Crippen molar-refractivity contribution >= 4 is 18.3 Å². The summed E-state index contributed by atoms with van der Waals surface area (Å²) in [6.45, 7) is 11.7. The molecule has 0 aromatic heterocycles. The molecule has 1 N–H and O–H groups in total. The fourth-order valence-corrected chi connectivity index (χ4v) is 1.27. The minimum atomic E-state index is -1.45. The van der Waals surface area contributed by atoms with Crippen molar-refractivity contribution in [1.82, 2.24) is 5.32 Å². The molecule has 6 heteroatoms. The number of hydrogen-bond acceptors (Lipinski definition) is 5. The van der Waals surface area contributed by atoms with Crippen molar-refractivity contribution in [2.75, 3.05) is 0 Å². The van der Waals surface area contributed by atoms with E-state index in [2.05, 4.69) is 5.32 Å². The number of aldehydes is 1. The number of rotatable bonds is 4. The number of carbonyl (C=O) groups is 3. The second-order valence-corrected chi connectivity index (χ2v) is 6.83. The molecule has 0 saturated carbocycles. The molecule has 116 valence electrons. The van der Waals surface area contributed by atoms with Gasteiger partial charge in [-0.25, -0.2) is 9.59 Å². The van der Waals surface area contributed by atoms with E-state index >= 15 is 0 Å². The Balaban J connectivity index is 4.97. The van der Waals surface area contributed by atoms with Crippen molar-refractivity contribution in [1.29, 1.82) is 0 Å². The van der Waals surface area contributed by atoms with Crippen LogP contribution in [0.15, 0.2) is 0 Å². The van der Waals surface area contributed by atoms with Crippen LogP contribution in [-0.2, 0) is 19.1 Å². The second-order valence-electron chi connectivity index (χ2n) is 6.83. The Hall–Kier alpha value is -1.59. The zero-order chi connectivity index (χ0) is 16.2. The summed E-state index contributed by atoms with van der Waals surface area (Å²) in [5.74, 6) is -0.678. The lowest BCUT2D eigenvalue weighted by Crippen LogP contribution is -2.55. The van der Waals surface area contributed by atoms with Crippen LogP contribution in [0.2, 0.25) is 0 Å². The van der Waals surface area contributed by atoms with Crippen LogP contribution in [0, 0.1) is 0 Å². The van der Waals surface area contributed by atoms with Gasteiger partial charge in [0.25, 0.3) is 0 Å². The lowest BCUT2D eigenvalue weighted by atomic mass is 9.98. The van der Waals surface area contributed by atoms with Gasteiger partial charge in [0.05, 0.1) is 0 Å². The van der Waals surface area contributed by atoms with E-state index in [1.807, 2.05) is 0 Å². The molecule has 0 saturated heterocycles. The normalized spacial score (nSPS) is 14.9. The molecule has 1 atom stereocenters. The van der Waals surface area contributed by atoms with Crippen LogP contribution in [0.3, 0.4) is 0 Å². The fraction of sp³-hybridized carbons (Fsp3) is 0.786. The third-order valence-corrected chi connectivity index (χ3v) is 2.12. The number of amides is 1. The highest BCUT2D eigenvalue weighted by molar-refractivity contribution is 5.88. The van der Waals surface area contributed by atoms with Crippen molar-refractivity contribution < 1.29 is 23.9 Å². The third-order valence-electron chi connectivity index (χ3n) is 2.12. The van der Waals surface area contributed by atoms with Gasteiger partial charge in [-0.3, -0.25) is 0 Å². The molecule has 0 aliphatic rings. The third kappa shape index (κ3) is 7.11. The molecule has 0 bridgehead atoms. The molecule has 6 nitrogen and oxygen atoms in total. The molecule has 1 amide bonds. The van der Waals surface area contributed by atoms with Gasteiger partial charge in [-0.2, -0.15) is 0 Å². The van der Waals surface area contributed by atoms with Crippen molar-refractivity contribution in [3.63, 3.8) is 0 Å². The molecular formula is C14H25NO5. The number of carbonyl (C=O) groups excluding carboxylic acids is 3. The Morgan fingerprint density at radius 1 is 0.950 bits per heavy atom. The van der Waals surface area contributed by atoms with Crippen molar-refractivity contribution in [2.45, 2.75) is 71.6 Å². The van der Waals surface area contributed by atoms with Gasteiger partial charge in [-0.05, 0) is 48.5 Å². The lowest BCUT2D eigenvalue weighted by Gasteiger charge is -2.31. The smallest absolute Gasteiger partial charge is 0.408 e. The lowest BCUT2D eigenvalue weighted by molar-refractivity contribution is -0.163. The van der Waals surface area contributed by atoms with Crippen LogP contribution in [0.4, 0.5) is 4.79 Å². The number of hydrogen-bond donors (Lipinski definition) is 1. The summed E-state index contributed by atoms with van der Waals surface area (Å²) in [5.41, 5.74) is -2.85. The zero-order valence-corrected chi connectivity index (χ0v) is 13.3. The first-order valence-electron chi connectivity index (χ1n) is 6.47. The van der Waals surface area contributed by atoms with Gasteiger partial charge in [-0.15, -0.1) is 0 Å². The fourth-order valence-electron chi connectivity index (χ4n) is 1.27. The van der Waals surface area contributed by atoms with Gasteiger partial charge in [0.1, 0.15) is 23.0 Å². The van der Waals surface area contributed by atoms with Crippen LogP contribution < -0.4 is 5.32 Å². The monoisotopic (exact) mass is 287 g/mol. The largest absolute Gasteiger partial charge is 0.458 e. The van der Waals surface area contributed by atoms with Gasteiger partial charge < -0.3 is 19.6 Å². The summed E-state index contributed by atoms with van der Waals surface area (Å²) in [6.07, 6.45) is -0.407. The molecule has 0 aromatic carbocycles. The summed E-state index contributed by atoms with van der Waals surface area (Å²) in [5, 5.41) is 2.41. The standard InChI is InChI=1S/C14H25NO5/c1-12(2,3)19-10(17)14(7,8-9-16)15-11(18)20-13(4,5)6/h9H,8H2,1-7H3,(H,15,18)/t14-/m1/s1. The van der Waals surface area contributed by atoms with Crippen LogP contribution in [0.25, 0.3) is 0 Å². The molecule has 0 aromatic rings. The molecule has 0 rings (SSSR count). The van der Waals surface area contributed by atoms with Crippen molar-refractivity contribution in [3.8, 4) is 0 Å². The Morgan fingerprint density at radius 2 is 1.40 bits per heavy atom. The molecule has 20 heavy (non-hydrogen) atoms. The Kier molecular flexibility index (Phi) is 5.74. The maximum absolute atomic E-state index is 12.1. The predicted octanol–water partition coefficient (Wildman–Crippen LogP) is 2.20. The van der Waals surface area contributed by atoms with Gasteiger partial charge in [0.2, 0.25) is 0 Å². The van der Waals surface area contributed by atoms with E-state index in [-0.39, 0.29) is 6.42 Å². The maximum atomic E-state index is 12.1. The first kappa shape index (κ1) is 18.4. The summed E-state index contributed by atoms with van der Waals surface area (Å²) in [6, 6.07) is 0. The average Bonchev–Trinajstić information content (AvgIpc) is 2.10. The highest BCUT2D eigenvalue weighted by Gasteiger charge is 2.39. The zero-order valence-electron chi connectivity index (χ0n) is 13.3. The summed E-state index contributed by atoms with van der Waals surface area (Å²) < 4.78 is 10.3. The van der Waals surface area contributed by atoms with Crippen LogP contribution in [-0.4, -0.2) is 35.1 Å². The van der Waals surface area contributed by atoms with Crippen molar-refractivity contribution in [3.05, 3.63) is 0 Å². The number of alkyl carbamates (subject to hydrolysis) is 1. The van der Waals surface area contributed by atoms with E-state index in [9.17, 15) is 14.4 Å². The quantitative estimate of drug-likeness (QED) is 0.633. The van der Waals surface area contributed by atoms with Crippen LogP contribution in [0.1, 0.15) is 54.9 Å². The first-order valence-corrected chi connectivity index (χ1v) is 6.47. The number of ether oxygens (including phenoxy) is 2. The Morgan fingerprint density at radius 3 is 1.75 bits per heavy atom. The van der Waals surface area contributed by atoms with E-state index in [1.165, 1.54) is 6.92 Å². The van der Waals surface area contributed by atoms with Gasteiger partial charge >= 0.3 is 12.1 Å². The minimum Gasteiger partial charge on any atom is -0.458 e. The van der Waals surface area contributed by atoms with Gasteiger partial charge in [-0.1, -0.05) is 0 Å². The molecule has 0 aliphatic heterocycles. The molecule has 0 fully saturated rings. The second kappa shape index (κ2) is 6.24. The van der Waals surface area contributed by atoms with E-state index in [0.29, 0.717) is 6.29 Å². The highest BCUT2D eigenvalue weighted by Crippen LogP contribution is 2.18. The molecule has 0 heterocycles. The van der Waals surface area contributed by atoms with Crippen LogP contribution >= 0.6 is 0 Å². The van der Waals surface area contributed by atoms with E-state index in [4.69, 9.17) is 9.47 Å². The van der Waals surface area contributed by atoms with E-state index in [1.54, 1.807) is 41.5 Å². The summed E-state index contributed by atoms with van der Waals surface area (Å²) >= 11 is 0. The topological polar surface area (TPSA) is 81.7 Å². The number of esters is 1. The molecular weight excluding hydrogens is 262 g/mol. The summed E-state index contributed by atoms with van der Waals surface area (Å²) in [7, 11) is 0. The van der Waals surface area contributed by atoms with Gasteiger partial charge in [0, 0.05) is 6.42 Å². The molecule has 0 radical (unpaired) electrons. The Bertz CT molecular complexity index is 378. The predicted molar refractivity (Wildman–Crippen MR) is 74.3 cm³/mol. The first-order chi connectivity index (χ1) is 8.79. The minimum absolute atomic E-state index is 0.193. The average molecular weight is 287 g/mol. The van der Waals surface area contributed by atoms with E-state index < -0.39 is 28.8 Å². The maximum Gasteiger partial charge on any atom is 0.408 e. The highest BCUT2D eigenvalue weighted by atomic mass is 16.6. The SMILES string of the molecule is CC(C)(C)OC(=O)N[C@](C)(CC=O)C(=O)OC(C)(C)C. The van der Waals surface area contributed by atoms with Gasteiger partial charge in [0.15, 0.2) is 0 Å². The van der Waals surface area contributed by atoms with Crippen molar-refractivity contribution in [2.24, 2.45) is 0 Å².